The van der Waals surface area contributed by atoms with Crippen molar-refractivity contribution in [2.24, 2.45) is 0 Å². The third kappa shape index (κ3) is 3.27. The molecule has 2 aromatic heterocycles. The Labute approximate surface area is 109 Å². The van der Waals surface area contributed by atoms with E-state index >= 15 is 0 Å². The van der Waals surface area contributed by atoms with Gasteiger partial charge in [0.15, 0.2) is 0 Å². The topological polar surface area (TPSA) is 104 Å². The Morgan fingerprint density at radius 2 is 2.21 bits per heavy atom. The second-order valence-corrected chi connectivity index (χ2v) is 4.27. The lowest BCUT2D eigenvalue weighted by molar-refractivity contribution is -0.120. The zero-order valence-electron chi connectivity index (χ0n) is 10.8. The van der Waals surface area contributed by atoms with Crippen molar-refractivity contribution in [2.75, 3.05) is 0 Å². The molecule has 0 spiro atoms. The third-order valence-electron chi connectivity index (χ3n) is 2.82. The van der Waals surface area contributed by atoms with E-state index in [-0.39, 0.29) is 12.3 Å². The van der Waals surface area contributed by atoms with Crippen molar-refractivity contribution in [1.29, 1.82) is 0 Å². The standard InChI is InChI=1S/C12H15N5O2/c1-7-10(8(2)16-12(19)15-7)5-11(18)13-6-9-3-4-14-17-9/h3-4H,5-6H2,1-2H3,(H,13,18)(H,14,17)(H,15,16,19). The summed E-state index contributed by atoms with van der Waals surface area (Å²) >= 11 is 0. The Balaban J connectivity index is 2.01. The van der Waals surface area contributed by atoms with Gasteiger partial charge < -0.3 is 10.3 Å². The number of amides is 1. The number of aromatic amines is 2. The lowest BCUT2D eigenvalue weighted by Crippen LogP contribution is -2.27. The largest absolute Gasteiger partial charge is 0.350 e. The van der Waals surface area contributed by atoms with Crippen molar-refractivity contribution in [1.82, 2.24) is 25.5 Å². The fraction of sp³-hybridized carbons (Fsp3) is 0.333. The average Bonchev–Trinajstić information content (AvgIpc) is 2.84. The highest BCUT2D eigenvalue weighted by molar-refractivity contribution is 5.78. The van der Waals surface area contributed by atoms with Crippen LogP contribution in [0.25, 0.3) is 0 Å². The molecule has 2 rings (SSSR count). The van der Waals surface area contributed by atoms with Gasteiger partial charge in [-0.05, 0) is 19.9 Å². The van der Waals surface area contributed by atoms with Crippen molar-refractivity contribution in [3.63, 3.8) is 0 Å². The molecule has 0 atom stereocenters. The number of nitrogens with one attached hydrogen (secondary N) is 3. The second kappa shape index (κ2) is 5.47. The highest BCUT2D eigenvalue weighted by Gasteiger charge is 2.11. The Hall–Kier alpha value is -2.44. The minimum Gasteiger partial charge on any atom is -0.350 e. The van der Waals surface area contributed by atoms with Crippen LogP contribution in [-0.2, 0) is 17.8 Å². The van der Waals surface area contributed by atoms with Crippen LogP contribution in [0.1, 0.15) is 22.6 Å². The van der Waals surface area contributed by atoms with Crippen LogP contribution in [0.15, 0.2) is 17.1 Å². The number of carbonyl (C=O) groups is 1. The molecule has 0 aliphatic heterocycles. The van der Waals surface area contributed by atoms with E-state index in [9.17, 15) is 9.59 Å². The number of carbonyl (C=O) groups excluding carboxylic acids is 1. The Bertz CT molecular complexity index is 604. The van der Waals surface area contributed by atoms with Crippen LogP contribution in [-0.4, -0.2) is 26.1 Å². The normalized spacial score (nSPS) is 10.4. The fourth-order valence-electron chi connectivity index (χ4n) is 1.82. The van der Waals surface area contributed by atoms with Gasteiger partial charge in [0.2, 0.25) is 5.91 Å². The first-order chi connectivity index (χ1) is 9.06. The van der Waals surface area contributed by atoms with Gasteiger partial charge in [-0.2, -0.15) is 10.1 Å². The van der Waals surface area contributed by atoms with Crippen LogP contribution in [0, 0.1) is 13.8 Å². The second-order valence-electron chi connectivity index (χ2n) is 4.27. The van der Waals surface area contributed by atoms with Crippen molar-refractivity contribution >= 4 is 5.91 Å². The molecule has 3 N–H and O–H groups in total. The predicted molar refractivity (Wildman–Crippen MR) is 68.5 cm³/mol. The number of nitrogens with zero attached hydrogens (tertiary/aromatic N) is 2. The number of aryl methyl sites for hydroxylation is 2. The highest BCUT2D eigenvalue weighted by atomic mass is 16.1. The van der Waals surface area contributed by atoms with Gasteiger partial charge in [-0.15, -0.1) is 0 Å². The molecule has 0 radical (unpaired) electrons. The molecule has 0 saturated heterocycles. The maximum atomic E-state index is 11.8. The SMILES string of the molecule is Cc1nc(=O)[nH]c(C)c1CC(=O)NCc1ccn[nH]1. The van der Waals surface area contributed by atoms with Gasteiger partial charge in [-0.25, -0.2) is 4.79 Å². The predicted octanol–water partition coefficient (Wildman–Crippen LogP) is -0.0313. The summed E-state index contributed by atoms with van der Waals surface area (Å²) in [6.45, 7) is 3.88. The molecule has 19 heavy (non-hydrogen) atoms. The molecule has 7 nitrogen and oxygen atoms in total. The highest BCUT2D eigenvalue weighted by Crippen LogP contribution is 2.07. The maximum absolute atomic E-state index is 11.8. The summed E-state index contributed by atoms with van der Waals surface area (Å²) in [5.41, 5.74) is 2.45. The Morgan fingerprint density at radius 3 is 2.84 bits per heavy atom. The lowest BCUT2D eigenvalue weighted by Gasteiger charge is -2.08. The number of rotatable bonds is 4. The molecular formula is C12H15N5O2. The minimum absolute atomic E-state index is 0.130. The van der Waals surface area contributed by atoms with E-state index in [1.54, 1.807) is 26.1 Å². The summed E-state index contributed by atoms with van der Waals surface area (Å²) in [4.78, 5) is 29.4. The van der Waals surface area contributed by atoms with Crippen LogP contribution in [0.2, 0.25) is 0 Å². The molecule has 0 aromatic carbocycles. The zero-order valence-corrected chi connectivity index (χ0v) is 10.8. The quantitative estimate of drug-likeness (QED) is 0.718. The van der Waals surface area contributed by atoms with Gasteiger partial charge in [-0.1, -0.05) is 0 Å². The van der Waals surface area contributed by atoms with Crippen molar-refractivity contribution in [3.05, 3.63) is 45.4 Å². The third-order valence-corrected chi connectivity index (χ3v) is 2.82. The molecule has 2 aromatic rings. The monoisotopic (exact) mass is 261 g/mol. The molecule has 0 unspecified atom stereocenters. The molecule has 0 aliphatic carbocycles. The number of aromatic nitrogens is 4. The lowest BCUT2D eigenvalue weighted by atomic mass is 10.1. The molecule has 1 amide bonds. The van der Waals surface area contributed by atoms with Crippen LogP contribution in [0.4, 0.5) is 0 Å². The van der Waals surface area contributed by atoms with E-state index < -0.39 is 5.69 Å². The summed E-state index contributed by atoms with van der Waals surface area (Å²) in [6.07, 6.45) is 1.82. The van der Waals surface area contributed by atoms with Crippen LogP contribution >= 0.6 is 0 Å². The van der Waals surface area contributed by atoms with E-state index in [1.165, 1.54) is 0 Å². The van der Waals surface area contributed by atoms with E-state index in [4.69, 9.17) is 0 Å². The van der Waals surface area contributed by atoms with Gasteiger partial charge in [-0.3, -0.25) is 9.89 Å². The Kier molecular flexibility index (Phi) is 3.74. The zero-order chi connectivity index (χ0) is 13.8. The average molecular weight is 261 g/mol. The summed E-state index contributed by atoms with van der Waals surface area (Å²) in [5, 5.41) is 9.33. The van der Waals surface area contributed by atoms with Crippen LogP contribution in [0.3, 0.4) is 0 Å². The molecule has 0 saturated carbocycles. The molecule has 100 valence electrons. The first-order valence-corrected chi connectivity index (χ1v) is 5.87. The van der Waals surface area contributed by atoms with Crippen molar-refractivity contribution < 1.29 is 4.79 Å². The molecule has 2 heterocycles. The van der Waals surface area contributed by atoms with Gasteiger partial charge in [0.05, 0.1) is 18.7 Å². The molecular weight excluding hydrogens is 246 g/mol. The number of hydrogen-bond donors (Lipinski definition) is 3. The number of H-pyrrole nitrogens is 2. The smallest absolute Gasteiger partial charge is 0.345 e. The Morgan fingerprint density at radius 1 is 1.42 bits per heavy atom. The van der Waals surface area contributed by atoms with Gasteiger partial charge in [0.25, 0.3) is 0 Å². The molecule has 0 aliphatic rings. The minimum atomic E-state index is -0.392. The van der Waals surface area contributed by atoms with E-state index in [1.807, 2.05) is 0 Å². The van der Waals surface area contributed by atoms with Gasteiger partial charge >= 0.3 is 5.69 Å². The first kappa shape index (κ1) is 13.0. The summed E-state index contributed by atoms with van der Waals surface area (Å²) in [5.74, 6) is -0.130. The number of hydrogen-bond acceptors (Lipinski definition) is 4. The van der Waals surface area contributed by atoms with Crippen LogP contribution < -0.4 is 11.0 Å². The van der Waals surface area contributed by atoms with Crippen LogP contribution in [0.5, 0.6) is 0 Å². The van der Waals surface area contributed by atoms with Gasteiger partial charge in [0.1, 0.15) is 0 Å². The molecule has 0 fully saturated rings. The van der Waals surface area contributed by atoms with Gasteiger partial charge in [0, 0.05) is 23.1 Å². The van der Waals surface area contributed by atoms with E-state index in [2.05, 4.69) is 25.5 Å². The van der Waals surface area contributed by atoms with Crippen molar-refractivity contribution in [2.45, 2.75) is 26.8 Å². The van der Waals surface area contributed by atoms with E-state index in [0.717, 1.165) is 11.3 Å². The molecule has 0 bridgehead atoms. The summed E-state index contributed by atoms with van der Waals surface area (Å²) in [6, 6.07) is 1.79. The summed E-state index contributed by atoms with van der Waals surface area (Å²) < 4.78 is 0. The first-order valence-electron chi connectivity index (χ1n) is 5.87. The van der Waals surface area contributed by atoms with E-state index in [0.29, 0.717) is 17.9 Å². The maximum Gasteiger partial charge on any atom is 0.345 e. The molecule has 7 heteroatoms. The fourth-order valence-corrected chi connectivity index (χ4v) is 1.82. The van der Waals surface area contributed by atoms with Crippen molar-refractivity contribution in [3.8, 4) is 0 Å². The summed E-state index contributed by atoms with van der Waals surface area (Å²) in [7, 11) is 0.